The Morgan fingerprint density at radius 3 is 2.78 bits per heavy atom. The molecule has 0 saturated carbocycles. The van der Waals surface area contributed by atoms with Crippen molar-refractivity contribution < 1.29 is 4.74 Å². The third-order valence-electron chi connectivity index (χ3n) is 2.45. The lowest BCUT2D eigenvalue weighted by atomic mass is 10.3. The Morgan fingerprint density at radius 1 is 1.33 bits per heavy atom. The molecule has 0 atom stereocenters. The molecule has 0 bridgehead atoms. The fourth-order valence-corrected chi connectivity index (χ4v) is 1.70. The van der Waals surface area contributed by atoms with Gasteiger partial charge in [0, 0.05) is 18.1 Å². The van der Waals surface area contributed by atoms with Crippen LogP contribution in [-0.4, -0.2) is 27.9 Å². The van der Waals surface area contributed by atoms with Gasteiger partial charge in [-0.15, -0.1) is 10.2 Å². The second-order valence-electron chi connectivity index (χ2n) is 3.84. The van der Waals surface area contributed by atoms with E-state index in [-0.39, 0.29) is 0 Å². The third-order valence-corrected chi connectivity index (χ3v) is 2.98. The predicted molar refractivity (Wildman–Crippen MR) is 72.3 cm³/mol. The van der Waals surface area contributed by atoms with Crippen molar-refractivity contribution in [3.05, 3.63) is 40.9 Å². The number of nitrogens with one attached hydrogen (secondary N) is 1. The maximum absolute atomic E-state index is 5.58. The van der Waals surface area contributed by atoms with Crippen LogP contribution in [0.2, 0.25) is 0 Å². The van der Waals surface area contributed by atoms with Crippen LogP contribution < -0.4 is 10.1 Å². The van der Waals surface area contributed by atoms with Gasteiger partial charge in [-0.2, -0.15) is 0 Å². The molecule has 0 aliphatic heterocycles. The molecule has 0 spiro atoms. The van der Waals surface area contributed by atoms with Crippen LogP contribution in [0.5, 0.6) is 5.75 Å². The molecule has 0 aliphatic carbocycles. The first-order valence-electron chi connectivity index (χ1n) is 5.67. The van der Waals surface area contributed by atoms with Crippen LogP contribution >= 0.6 is 15.9 Å². The van der Waals surface area contributed by atoms with Crippen molar-refractivity contribution in [2.24, 2.45) is 7.05 Å². The standard InChI is InChI=1S/C12H15BrN4O/c1-17-9-15-16-12(17)8-14-6-7-18-11-4-2-10(13)3-5-11/h2-5,9,14H,6-8H2,1H3. The van der Waals surface area contributed by atoms with Crippen LogP contribution in [0.4, 0.5) is 0 Å². The zero-order valence-electron chi connectivity index (χ0n) is 10.1. The maximum Gasteiger partial charge on any atom is 0.146 e. The van der Waals surface area contributed by atoms with Crippen molar-refractivity contribution in [1.82, 2.24) is 20.1 Å². The van der Waals surface area contributed by atoms with Gasteiger partial charge in [0.25, 0.3) is 0 Å². The molecule has 0 fully saturated rings. The van der Waals surface area contributed by atoms with E-state index in [1.165, 1.54) is 0 Å². The fraction of sp³-hybridized carbons (Fsp3) is 0.333. The molecule has 0 saturated heterocycles. The van der Waals surface area contributed by atoms with E-state index in [0.29, 0.717) is 13.2 Å². The molecule has 1 N–H and O–H groups in total. The van der Waals surface area contributed by atoms with Crippen LogP contribution in [0, 0.1) is 0 Å². The Bertz CT molecular complexity index is 483. The van der Waals surface area contributed by atoms with Gasteiger partial charge >= 0.3 is 0 Å². The van der Waals surface area contributed by atoms with Crippen molar-refractivity contribution in [3.63, 3.8) is 0 Å². The van der Waals surface area contributed by atoms with Crippen molar-refractivity contribution in [3.8, 4) is 5.75 Å². The number of rotatable bonds is 6. The lowest BCUT2D eigenvalue weighted by Gasteiger charge is -2.07. The number of aromatic nitrogens is 3. The SMILES string of the molecule is Cn1cnnc1CNCCOc1ccc(Br)cc1. The number of nitrogens with zero attached hydrogens (tertiary/aromatic N) is 3. The molecule has 1 aromatic carbocycles. The van der Waals surface area contributed by atoms with Crippen LogP contribution in [0.25, 0.3) is 0 Å². The summed E-state index contributed by atoms with van der Waals surface area (Å²) in [6, 6.07) is 7.80. The minimum absolute atomic E-state index is 0.624. The zero-order chi connectivity index (χ0) is 12.8. The molecule has 6 heteroatoms. The molecule has 2 rings (SSSR count). The average Bonchev–Trinajstić information content (AvgIpc) is 2.77. The van der Waals surface area contributed by atoms with Gasteiger partial charge < -0.3 is 14.6 Å². The molecule has 1 aromatic heterocycles. The van der Waals surface area contributed by atoms with Gasteiger partial charge in [0.1, 0.15) is 24.5 Å². The van der Waals surface area contributed by atoms with E-state index < -0.39 is 0 Å². The highest BCUT2D eigenvalue weighted by Gasteiger charge is 1.99. The number of benzene rings is 1. The van der Waals surface area contributed by atoms with E-state index >= 15 is 0 Å². The van der Waals surface area contributed by atoms with Crippen LogP contribution in [0.1, 0.15) is 5.82 Å². The summed E-state index contributed by atoms with van der Waals surface area (Å²) >= 11 is 3.38. The van der Waals surface area contributed by atoms with E-state index in [4.69, 9.17) is 4.74 Å². The van der Waals surface area contributed by atoms with Gasteiger partial charge in [0.05, 0.1) is 6.54 Å². The fourth-order valence-electron chi connectivity index (χ4n) is 1.44. The largest absolute Gasteiger partial charge is 0.492 e. The molecule has 2 aromatic rings. The van der Waals surface area contributed by atoms with Gasteiger partial charge in [0.2, 0.25) is 0 Å². The lowest BCUT2D eigenvalue weighted by Crippen LogP contribution is -2.22. The molecule has 1 heterocycles. The molecule has 0 radical (unpaired) electrons. The molecule has 0 aliphatic rings. The predicted octanol–water partition coefficient (Wildman–Crippen LogP) is 1.75. The van der Waals surface area contributed by atoms with Crippen LogP contribution in [-0.2, 0) is 13.6 Å². The first kappa shape index (κ1) is 13.0. The van der Waals surface area contributed by atoms with Gasteiger partial charge in [-0.1, -0.05) is 15.9 Å². The maximum atomic E-state index is 5.58. The average molecular weight is 311 g/mol. The molecule has 0 amide bonds. The van der Waals surface area contributed by atoms with Crippen molar-refractivity contribution in [2.45, 2.75) is 6.54 Å². The number of hydrogen-bond acceptors (Lipinski definition) is 4. The second kappa shape index (κ2) is 6.51. The summed E-state index contributed by atoms with van der Waals surface area (Å²) in [7, 11) is 1.93. The minimum atomic E-state index is 0.624. The molecule has 5 nitrogen and oxygen atoms in total. The number of aryl methyl sites for hydroxylation is 1. The highest BCUT2D eigenvalue weighted by Crippen LogP contribution is 2.15. The molecule has 0 unspecified atom stereocenters. The monoisotopic (exact) mass is 310 g/mol. The van der Waals surface area contributed by atoms with Gasteiger partial charge in [0.15, 0.2) is 0 Å². The Morgan fingerprint density at radius 2 is 2.11 bits per heavy atom. The Balaban J connectivity index is 1.64. The van der Waals surface area contributed by atoms with Gasteiger partial charge in [-0.05, 0) is 24.3 Å². The first-order valence-corrected chi connectivity index (χ1v) is 6.47. The van der Waals surface area contributed by atoms with E-state index in [2.05, 4.69) is 31.4 Å². The lowest BCUT2D eigenvalue weighted by molar-refractivity contribution is 0.312. The highest BCUT2D eigenvalue weighted by molar-refractivity contribution is 9.10. The summed E-state index contributed by atoms with van der Waals surface area (Å²) in [5, 5.41) is 11.1. The molecule has 96 valence electrons. The molecular formula is C12H15BrN4O. The van der Waals surface area contributed by atoms with E-state index in [0.717, 1.165) is 22.6 Å². The van der Waals surface area contributed by atoms with E-state index in [1.54, 1.807) is 6.33 Å². The van der Waals surface area contributed by atoms with Crippen molar-refractivity contribution >= 4 is 15.9 Å². The van der Waals surface area contributed by atoms with Crippen molar-refractivity contribution in [1.29, 1.82) is 0 Å². The summed E-state index contributed by atoms with van der Waals surface area (Å²) in [6.45, 7) is 2.09. The first-order chi connectivity index (χ1) is 8.75. The summed E-state index contributed by atoms with van der Waals surface area (Å²) in [5.41, 5.74) is 0. The normalized spacial score (nSPS) is 10.6. The third kappa shape index (κ3) is 3.82. The number of halogens is 1. The van der Waals surface area contributed by atoms with Gasteiger partial charge in [-0.3, -0.25) is 0 Å². The summed E-state index contributed by atoms with van der Waals surface area (Å²) in [6.07, 6.45) is 1.69. The zero-order valence-corrected chi connectivity index (χ0v) is 11.7. The van der Waals surface area contributed by atoms with E-state index in [1.807, 2.05) is 35.9 Å². The van der Waals surface area contributed by atoms with Crippen molar-refractivity contribution in [2.75, 3.05) is 13.2 Å². The van der Waals surface area contributed by atoms with E-state index in [9.17, 15) is 0 Å². The van der Waals surface area contributed by atoms with Crippen LogP contribution in [0.3, 0.4) is 0 Å². The Labute approximate surface area is 114 Å². The summed E-state index contributed by atoms with van der Waals surface area (Å²) in [5.74, 6) is 1.79. The molecule has 18 heavy (non-hydrogen) atoms. The topological polar surface area (TPSA) is 52.0 Å². The summed E-state index contributed by atoms with van der Waals surface area (Å²) in [4.78, 5) is 0. The minimum Gasteiger partial charge on any atom is -0.492 e. The van der Waals surface area contributed by atoms with Crippen LogP contribution in [0.15, 0.2) is 35.1 Å². The second-order valence-corrected chi connectivity index (χ2v) is 4.75. The quantitative estimate of drug-likeness (QED) is 0.826. The number of hydrogen-bond donors (Lipinski definition) is 1. The number of ether oxygens (including phenoxy) is 1. The molecular weight excluding hydrogens is 296 g/mol. The Kier molecular flexibility index (Phi) is 4.72. The smallest absolute Gasteiger partial charge is 0.146 e. The van der Waals surface area contributed by atoms with Gasteiger partial charge in [-0.25, -0.2) is 0 Å². The Hall–Kier alpha value is -1.40. The highest BCUT2D eigenvalue weighted by atomic mass is 79.9. The summed E-state index contributed by atoms with van der Waals surface area (Å²) < 4.78 is 8.53.